The van der Waals surface area contributed by atoms with Gasteiger partial charge in [0.2, 0.25) is 0 Å². The van der Waals surface area contributed by atoms with Gasteiger partial charge in [0.05, 0.1) is 12.7 Å². The van der Waals surface area contributed by atoms with Gasteiger partial charge in [0.25, 0.3) is 5.91 Å². The zero-order valence-corrected chi connectivity index (χ0v) is 15.5. The van der Waals surface area contributed by atoms with E-state index in [-0.39, 0.29) is 30.5 Å². The summed E-state index contributed by atoms with van der Waals surface area (Å²) < 4.78 is 5.59. The Hall–Kier alpha value is -1.14. The first kappa shape index (κ1) is 20.9. The lowest BCUT2D eigenvalue weighted by Crippen LogP contribution is -2.45. The highest BCUT2D eigenvalue weighted by Gasteiger charge is 2.20. The molecule has 24 heavy (non-hydrogen) atoms. The SMILES string of the molecule is CC(C)OCCN1CCC(NC(=O)c2ccc(CN)cc2)CC1.Cl. The smallest absolute Gasteiger partial charge is 0.251 e. The highest BCUT2D eigenvalue weighted by atomic mass is 35.5. The molecule has 0 saturated carbocycles. The summed E-state index contributed by atoms with van der Waals surface area (Å²) in [6, 6.07) is 7.77. The molecule has 1 heterocycles. The van der Waals surface area contributed by atoms with Gasteiger partial charge in [-0.1, -0.05) is 12.1 Å². The van der Waals surface area contributed by atoms with Crippen molar-refractivity contribution in [2.75, 3.05) is 26.2 Å². The fraction of sp³-hybridized carbons (Fsp3) is 0.611. The normalized spacial score (nSPS) is 16.0. The minimum absolute atomic E-state index is 0. The molecule has 1 aliphatic rings. The zero-order chi connectivity index (χ0) is 16.7. The lowest BCUT2D eigenvalue weighted by atomic mass is 10.0. The van der Waals surface area contributed by atoms with E-state index in [2.05, 4.69) is 24.1 Å². The van der Waals surface area contributed by atoms with E-state index < -0.39 is 0 Å². The molecule has 3 N–H and O–H groups in total. The van der Waals surface area contributed by atoms with Crippen LogP contribution in [0.25, 0.3) is 0 Å². The van der Waals surface area contributed by atoms with Crippen molar-refractivity contribution >= 4 is 18.3 Å². The number of nitrogens with two attached hydrogens (primary N) is 1. The number of nitrogens with zero attached hydrogens (tertiary/aromatic N) is 1. The Bertz CT molecular complexity index is 486. The molecule has 1 amide bonds. The number of likely N-dealkylation sites (tertiary alicyclic amines) is 1. The van der Waals surface area contributed by atoms with E-state index >= 15 is 0 Å². The van der Waals surface area contributed by atoms with Gasteiger partial charge in [-0.2, -0.15) is 0 Å². The van der Waals surface area contributed by atoms with E-state index in [0.717, 1.165) is 44.6 Å². The molecule has 0 unspecified atom stereocenters. The maximum Gasteiger partial charge on any atom is 0.251 e. The fourth-order valence-corrected chi connectivity index (χ4v) is 2.78. The second-order valence-corrected chi connectivity index (χ2v) is 6.41. The third kappa shape index (κ3) is 6.77. The summed E-state index contributed by atoms with van der Waals surface area (Å²) in [4.78, 5) is 14.7. The molecule has 1 saturated heterocycles. The summed E-state index contributed by atoms with van der Waals surface area (Å²) in [5.41, 5.74) is 7.32. The predicted molar refractivity (Wildman–Crippen MR) is 99.6 cm³/mol. The topological polar surface area (TPSA) is 67.6 Å². The van der Waals surface area contributed by atoms with Gasteiger partial charge in [-0.15, -0.1) is 12.4 Å². The molecule has 0 bridgehead atoms. The van der Waals surface area contributed by atoms with Crippen molar-refractivity contribution in [3.8, 4) is 0 Å². The molecule has 0 spiro atoms. The Labute approximate surface area is 151 Å². The van der Waals surface area contributed by atoms with E-state index in [9.17, 15) is 4.79 Å². The molecule has 0 aromatic heterocycles. The lowest BCUT2D eigenvalue weighted by Gasteiger charge is -2.32. The molecule has 5 nitrogen and oxygen atoms in total. The van der Waals surface area contributed by atoms with E-state index in [4.69, 9.17) is 10.5 Å². The van der Waals surface area contributed by atoms with E-state index in [1.54, 1.807) is 0 Å². The number of hydrogen-bond donors (Lipinski definition) is 2. The van der Waals surface area contributed by atoms with Gasteiger partial charge in [0, 0.05) is 37.8 Å². The van der Waals surface area contributed by atoms with Crippen molar-refractivity contribution < 1.29 is 9.53 Å². The third-order valence-electron chi connectivity index (χ3n) is 4.23. The van der Waals surface area contributed by atoms with Gasteiger partial charge >= 0.3 is 0 Å². The average molecular weight is 356 g/mol. The Morgan fingerprint density at radius 2 is 1.92 bits per heavy atom. The third-order valence-corrected chi connectivity index (χ3v) is 4.23. The summed E-state index contributed by atoms with van der Waals surface area (Å²) >= 11 is 0. The van der Waals surface area contributed by atoms with E-state index in [0.29, 0.717) is 12.1 Å². The number of ether oxygens (including phenoxy) is 1. The Morgan fingerprint density at radius 3 is 2.46 bits per heavy atom. The maximum absolute atomic E-state index is 12.3. The van der Waals surface area contributed by atoms with Gasteiger partial charge < -0.3 is 20.7 Å². The number of rotatable bonds is 7. The summed E-state index contributed by atoms with van der Waals surface area (Å²) in [7, 11) is 0. The molecule has 2 rings (SSSR count). The van der Waals surface area contributed by atoms with Crippen LogP contribution < -0.4 is 11.1 Å². The molecule has 6 heteroatoms. The number of carbonyl (C=O) groups is 1. The monoisotopic (exact) mass is 355 g/mol. The van der Waals surface area contributed by atoms with E-state index in [1.807, 2.05) is 24.3 Å². The van der Waals surface area contributed by atoms with Crippen molar-refractivity contribution in [1.82, 2.24) is 10.2 Å². The van der Waals surface area contributed by atoms with E-state index in [1.165, 1.54) is 0 Å². The number of halogens is 1. The summed E-state index contributed by atoms with van der Waals surface area (Å²) in [6.07, 6.45) is 2.28. The molecule has 0 radical (unpaired) electrons. The Morgan fingerprint density at radius 1 is 1.29 bits per heavy atom. The minimum atomic E-state index is 0. The van der Waals surface area contributed by atoms with Crippen molar-refractivity contribution in [3.05, 3.63) is 35.4 Å². The molecule has 0 aliphatic carbocycles. The molecular formula is C18H30ClN3O2. The maximum atomic E-state index is 12.3. The van der Waals surface area contributed by atoms with Crippen LogP contribution in [0.1, 0.15) is 42.6 Å². The number of hydrogen-bond acceptors (Lipinski definition) is 4. The second-order valence-electron chi connectivity index (χ2n) is 6.41. The quantitative estimate of drug-likeness (QED) is 0.786. The second kappa shape index (κ2) is 10.7. The van der Waals surface area contributed by atoms with Crippen LogP contribution in [0.3, 0.4) is 0 Å². The largest absolute Gasteiger partial charge is 0.377 e. The molecule has 0 atom stereocenters. The number of carbonyl (C=O) groups excluding carboxylic acids is 1. The average Bonchev–Trinajstić information content (AvgIpc) is 2.56. The molecule has 1 aromatic rings. The highest BCUT2D eigenvalue weighted by Crippen LogP contribution is 2.12. The fourth-order valence-electron chi connectivity index (χ4n) is 2.78. The van der Waals surface area contributed by atoms with Gasteiger partial charge in [0.15, 0.2) is 0 Å². The summed E-state index contributed by atoms with van der Waals surface area (Å²) in [6.45, 7) is 8.39. The highest BCUT2D eigenvalue weighted by molar-refractivity contribution is 5.94. The van der Waals surface area contributed by atoms with Crippen LogP contribution >= 0.6 is 12.4 Å². The molecule has 1 aromatic carbocycles. The Balaban J connectivity index is 0.00000288. The first-order chi connectivity index (χ1) is 11.1. The van der Waals surface area contributed by atoms with Crippen molar-refractivity contribution in [2.24, 2.45) is 5.73 Å². The van der Waals surface area contributed by atoms with Crippen LogP contribution in [0, 0.1) is 0 Å². The van der Waals surface area contributed by atoms with Crippen LogP contribution in [0.15, 0.2) is 24.3 Å². The predicted octanol–water partition coefficient (Wildman–Crippen LogP) is 2.19. The number of benzene rings is 1. The molecular weight excluding hydrogens is 326 g/mol. The van der Waals surface area contributed by atoms with Crippen molar-refractivity contribution in [1.29, 1.82) is 0 Å². The summed E-state index contributed by atoms with van der Waals surface area (Å²) in [5, 5.41) is 3.14. The zero-order valence-electron chi connectivity index (χ0n) is 14.7. The van der Waals surface area contributed by atoms with Crippen molar-refractivity contribution in [3.63, 3.8) is 0 Å². The summed E-state index contributed by atoms with van der Waals surface area (Å²) in [5.74, 6) is 0.00941. The first-order valence-corrected chi connectivity index (χ1v) is 8.52. The standard InChI is InChI=1S/C18H29N3O2.ClH/c1-14(2)23-12-11-21-9-7-17(8-10-21)20-18(22)16-5-3-15(13-19)4-6-16;/h3-6,14,17H,7-13,19H2,1-2H3,(H,20,22);1H. The van der Waals surface area contributed by atoms with Gasteiger partial charge in [0.1, 0.15) is 0 Å². The molecule has 1 fully saturated rings. The van der Waals surface area contributed by atoms with Gasteiger partial charge in [-0.05, 0) is 44.4 Å². The minimum Gasteiger partial charge on any atom is -0.377 e. The van der Waals surface area contributed by atoms with Crippen LogP contribution in [0.2, 0.25) is 0 Å². The van der Waals surface area contributed by atoms with Crippen molar-refractivity contribution in [2.45, 2.75) is 45.4 Å². The van der Waals surface area contributed by atoms with Gasteiger partial charge in [-0.3, -0.25) is 4.79 Å². The Kier molecular flexibility index (Phi) is 9.29. The first-order valence-electron chi connectivity index (χ1n) is 8.52. The van der Waals surface area contributed by atoms with Crippen LogP contribution in [0.5, 0.6) is 0 Å². The van der Waals surface area contributed by atoms with Crippen LogP contribution in [-0.2, 0) is 11.3 Å². The molecule has 1 aliphatic heterocycles. The van der Waals surface area contributed by atoms with Crippen LogP contribution in [-0.4, -0.2) is 49.2 Å². The number of nitrogens with one attached hydrogen (secondary N) is 1. The van der Waals surface area contributed by atoms with Crippen LogP contribution in [0.4, 0.5) is 0 Å². The van der Waals surface area contributed by atoms with Gasteiger partial charge in [-0.25, -0.2) is 0 Å². The number of amides is 1. The molecule has 136 valence electrons. The number of piperidine rings is 1. The lowest BCUT2D eigenvalue weighted by molar-refractivity contribution is 0.0520.